The molecule has 3 aromatic carbocycles. The zero-order chi connectivity index (χ0) is 26.0. The minimum absolute atomic E-state index is 0.0681. The fourth-order valence-corrected chi connectivity index (χ4v) is 5.88. The number of nitrogens with zero attached hydrogens (tertiary/aromatic N) is 1. The van der Waals surface area contributed by atoms with Gasteiger partial charge in [-0.05, 0) is 53.8 Å². The molecular weight excluding hydrogens is 523 g/mol. The van der Waals surface area contributed by atoms with Crippen LogP contribution in [0, 0.1) is 0 Å². The molecule has 1 atom stereocenters. The van der Waals surface area contributed by atoms with E-state index in [9.17, 15) is 9.59 Å². The summed E-state index contributed by atoms with van der Waals surface area (Å²) in [5.41, 5.74) is 3.02. The second-order valence-electron chi connectivity index (χ2n) is 9.47. The molecule has 0 heterocycles. The zero-order valence-corrected chi connectivity index (χ0v) is 23.1. The first-order chi connectivity index (χ1) is 18.0. The van der Waals surface area contributed by atoms with Gasteiger partial charge < -0.3 is 10.2 Å². The normalized spacial score (nSPS) is 14.3. The molecule has 1 aliphatic rings. The van der Waals surface area contributed by atoms with Crippen molar-refractivity contribution in [3.05, 3.63) is 106 Å². The lowest BCUT2D eigenvalue weighted by molar-refractivity contribution is -0.139. The van der Waals surface area contributed by atoms with E-state index in [0.29, 0.717) is 28.8 Å². The van der Waals surface area contributed by atoms with Gasteiger partial charge in [0.25, 0.3) is 0 Å². The Kier molecular flexibility index (Phi) is 10.4. The summed E-state index contributed by atoms with van der Waals surface area (Å²) in [4.78, 5) is 29.1. The van der Waals surface area contributed by atoms with Crippen molar-refractivity contribution >= 4 is 46.8 Å². The Labute approximate surface area is 233 Å². The maximum Gasteiger partial charge on any atom is 0.243 e. The Balaban J connectivity index is 1.56. The van der Waals surface area contributed by atoms with Crippen LogP contribution in [-0.2, 0) is 28.3 Å². The predicted octanol–water partition coefficient (Wildman–Crippen LogP) is 6.93. The Morgan fingerprint density at radius 2 is 1.57 bits per heavy atom. The highest BCUT2D eigenvalue weighted by atomic mass is 35.5. The molecule has 0 radical (unpaired) electrons. The fourth-order valence-electron chi connectivity index (χ4n) is 4.67. The number of nitrogens with one attached hydrogen (secondary N) is 1. The lowest BCUT2D eigenvalue weighted by Crippen LogP contribution is -2.52. The lowest BCUT2D eigenvalue weighted by Gasteiger charge is -2.32. The van der Waals surface area contributed by atoms with Crippen LogP contribution in [0.5, 0.6) is 0 Å². The molecule has 37 heavy (non-hydrogen) atoms. The van der Waals surface area contributed by atoms with E-state index in [-0.39, 0.29) is 23.6 Å². The van der Waals surface area contributed by atoms with Crippen LogP contribution in [0.25, 0.3) is 0 Å². The van der Waals surface area contributed by atoms with Crippen molar-refractivity contribution < 1.29 is 9.59 Å². The van der Waals surface area contributed by atoms with Gasteiger partial charge in [0.05, 0.1) is 5.75 Å². The molecule has 7 heteroatoms. The third-order valence-corrected chi connectivity index (χ3v) is 8.10. The summed E-state index contributed by atoms with van der Waals surface area (Å²) in [7, 11) is 0. The van der Waals surface area contributed by atoms with Crippen molar-refractivity contribution in [2.24, 2.45) is 0 Å². The summed E-state index contributed by atoms with van der Waals surface area (Å²) < 4.78 is 0. The van der Waals surface area contributed by atoms with Gasteiger partial charge >= 0.3 is 0 Å². The van der Waals surface area contributed by atoms with Gasteiger partial charge in [0, 0.05) is 34.8 Å². The van der Waals surface area contributed by atoms with Gasteiger partial charge in [0.15, 0.2) is 0 Å². The van der Waals surface area contributed by atoms with Gasteiger partial charge in [-0.25, -0.2) is 0 Å². The Bertz CT molecular complexity index is 1170. The molecule has 1 fully saturated rings. The Hall–Kier alpha value is -2.47. The molecule has 0 aliphatic heterocycles. The maximum atomic E-state index is 13.7. The first-order valence-electron chi connectivity index (χ1n) is 12.7. The van der Waals surface area contributed by atoms with E-state index < -0.39 is 6.04 Å². The van der Waals surface area contributed by atoms with Crippen molar-refractivity contribution in [2.45, 2.75) is 56.5 Å². The molecular formula is C30H32Cl2N2O2S. The van der Waals surface area contributed by atoms with E-state index in [1.165, 1.54) is 11.8 Å². The number of amides is 2. The number of halogens is 2. The largest absolute Gasteiger partial charge is 0.352 e. The minimum Gasteiger partial charge on any atom is -0.352 e. The third-order valence-electron chi connectivity index (χ3n) is 6.62. The number of benzene rings is 3. The van der Waals surface area contributed by atoms with E-state index in [4.69, 9.17) is 23.2 Å². The number of carbonyl (C=O) groups is 2. The third kappa shape index (κ3) is 8.53. The fraction of sp³-hybridized carbons (Fsp3) is 0.333. The monoisotopic (exact) mass is 554 g/mol. The van der Waals surface area contributed by atoms with E-state index in [2.05, 4.69) is 5.32 Å². The highest BCUT2D eigenvalue weighted by Crippen LogP contribution is 2.22. The Morgan fingerprint density at radius 3 is 2.27 bits per heavy atom. The van der Waals surface area contributed by atoms with Gasteiger partial charge in [-0.15, -0.1) is 11.8 Å². The van der Waals surface area contributed by atoms with Crippen LogP contribution in [-0.4, -0.2) is 34.6 Å². The molecule has 0 aromatic heterocycles. The molecule has 4 nitrogen and oxygen atoms in total. The second kappa shape index (κ2) is 13.9. The number of thioether (sulfide) groups is 1. The smallest absolute Gasteiger partial charge is 0.243 e. The summed E-state index contributed by atoms with van der Waals surface area (Å²) in [6.45, 7) is 0.316. The lowest BCUT2D eigenvalue weighted by atomic mass is 10.0. The van der Waals surface area contributed by atoms with Crippen molar-refractivity contribution in [3.63, 3.8) is 0 Å². The quantitative estimate of drug-likeness (QED) is 0.279. The molecule has 3 aromatic rings. The summed E-state index contributed by atoms with van der Waals surface area (Å²) in [6, 6.07) is 24.6. The standard InChI is InChI=1S/C30H32Cl2N2O2S/c31-25-15-13-23(14-16-25)20-37-21-29(35)34(19-24-9-6-10-26(32)17-24)28(18-22-7-2-1-3-8-22)30(36)33-27-11-4-5-12-27/h1-3,6-10,13-17,27-28H,4-5,11-12,18-21H2,(H,33,36). The first kappa shape index (κ1) is 27.6. The van der Waals surface area contributed by atoms with Crippen LogP contribution >= 0.6 is 35.0 Å². The van der Waals surface area contributed by atoms with Gasteiger partial charge in [-0.3, -0.25) is 9.59 Å². The van der Waals surface area contributed by atoms with Gasteiger partial charge in [0.1, 0.15) is 6.04 Å². The van der Waals surface area contributed by atoms with Crippen molar-refractivity contribution in [1.82, 2.24) is 10.2 Å². The van der Waals surface area contributed by atoms with Crippen molar-refractivity contribution in [1.29, 1.82) is 0 Å². The van der Waals surface area contributed by atoms with Gasteiger partial charge in [-0.1, -0.05) is 90.6 Å². The number of hydrogen-bond acceptors (Lipinski definition) is 3. The highest BCUT2D eigenvalue weighted by Gasteiger charge is 2.32. The molecule has 1 saturated carbocycles. The van der Waals surface area contributed by atoms with E-state index in [1.807, 2.05) is 78.9 Å². The van der Waals surface area contributed by atoms with Crippen LogP contribution in [0.2, 0.25) is 10.0 Å². The molecule has 0 spiro atoms. The molecule has 1 aliphatic carbocycles. The SMILES string of the molecule is O=C(NC1CCCC1)C(Cc1ccccc1)N(Cc1cccc(Cl)c1)C(=O)CSCc1ccc(Cl)cc1. The van der Waals surface area contributed by atoms with Crippen molar-refractivity contribution in [3.8, 4) is 0 Å². The molecule has 0 saturated heterocycles. The molecule has 0 bridgehead atoms. The Morgan fingerprint density at radius 1 is 0.865 bits per heavy atom. The van der Waals surface area contributed by atoms with Crippen LogP contribution in [0.15, 0.2) is 78.9 Å². The van der Waals surface area contributed by atoms with Crippen LogP contribution < -0.4 is 5.32 Å². The second-order valence-corrected chi connectivity index (χ2v) is 11.3. The predicted molar refractivity (Wildman–Crippen MR) is 154 cm³/mol. The first-order valence-corrected chi connectivity index (χ1v) is 14.6. The summed E-state index contributed by atoms with van der Waals surface area (Å²) in [5, 5.41) is 4.54. The summed E-state index contributed by atoms with van der Waals surface area (Å²) in [5.74, 6) is 0.798. The summed E-state index contributed by atoms with van der Waals surface area (Å²) >= 11 is 13.8. The molecule has 194 valence electrons. The number of carbonyl (C=O) groups excluding carboxylic acids is 2. The maximum absolute atomic E-state index is 13.7. The summed E-state index contributed by atoms with van der Waals surface area (Å²) in [6.07, 6.45) is 4.68. The van der Waals surface area contributed by atoms with E-state index in [0.717, 1.165) is 42.4 Å². The zero-order valence-electron chi connectivity index (χ0n) is 20.7. The molecule has 1 unspecified atom stereocenters. The average molecular weight is 556 g/mol. The molecule has 4 rings (SSSR count). The van der Waals surface area contributed by atoms with Crippen LogP contribution in [0.3, 0.4) is 0 Å². The highest BCUT2D eigenvalue weighted by molar-refractivity contribution is 7.99. The van der Waals surface area contributed by atoms with Crippen molar-refractivity contribution in [2.75, 3.05) is 5.75 Å². The number of rotatable bonds is 11. The van der Waals surface area contributed by atoms with Crippen LogP contribution in [0.4, 0.5) is 0 Å². The average Bonchev–Trinajstić information content (AvgIpc) is 3.41. The molecule has 2 amide bonds. The minimum atomic E-state index is -0.620. The van der Waals surface area contributed by atoms with Gasteiger partial charge in [0.2, 0.25) is 11.8 Å². The van der Waals surface area contributed by atoms with E-state index in [1.54, 1.807) is 4.90 Å². The topological polar surface area (TPSA) is 49.4 Å². The van der Waals surface area contributed by atoms with Gasteiger partial charge in [-0.2, -0.15) is 0 Å². The molecule has 1 N–H and O–H groups in total. The van der Waals surface area contributed by atoms with Crippen LogP contribution in [0.1, 0.15) is 42.4 Å². The number of hydrogen-bond donors (Lipinski definition) is 1. The van der Waals surface area contributed by atoms with E-state index >= 15 is 0 Å².